The van der Waals surface area contributed by atoms with Crippen molar-refractivity contribution in [1.82, 2.24) is 4.90 Å². The Morgan fingerprint density at radius 2 is 2.17 bits per heavy atom. The Balaban J connectivity index is 2.82. The fourth-order valence-corrected chi connectivity index (χ4v) is 1.85. The highest BCUT2D eigenvalue weighted by Crippen LogP contribution is 2.10. The van der Waals surface area contributed by atoms with E-state index in [0.717, 1.165) is 12.0 Å². The molecule has 1 aromatic carbocycles. The third-order valence-electron chi connectivity index (χ3n) is 2.64. The van der Waals surface area contributed by atoms with E-state index in [-0.39, 0.29) is 12.5 Å². The number of benzene rings is 1. The lowest BCUT2D eigenvalue weighted by Gasteiger charge is -2.21. The minimum Gasteiger partial charge on any atom is -0.395 e. The third-order valence-corrected chi connectivity index (χ3v) is 2.64. The number of aliphatic hydroxyl groups excluding tert-OH is 1. The van der Waals surface area contributed by atoms with Crippen molar-refractivity contribution in [3.63, 3.8) is 0 Å². The van der Waals surface area contributed by atoms with Gasteiger partial charge in [0.2, 0.25) is 0 Å². The van der Waals surface area contributed by atoms with E-state index in [1.165, 1.54) is 0 Å². The van der Waals surface area contributed by atoms with Crippen LogP contribution in [0.2, 0.25) is 0 Å². The maximum Gasteiger partial charge on any atom is 0.253 e. The second kappa shape index (κ2) is 7.84. The van der Waals surface area contributed by atoms with Crippen LogP contribution in [0.1, 0.15) is 29.3 Å². The molecule has 0 atom stereocenters. The van der Waals surface area contributed by atoms with Gasteiger partial charge in [-0.25, -0.2) is 0 Å². The molecule has 0 bridgehead atoms. The molecule has 18 heavy (non-hydrogen) atoms. The Morgan fingerprint density at radius 3 is 2.78 bits per heavy atom. The smallest absolute Gasteiger partial charge is 0.253 e. The van der Waals surface area contributed by atoms with Gasteiger partial charge in [0.25, 0.3) is 5.91 Å². The highest BCUT2D eigenvalue weighted by Gasteiger charge is 2.14. The Hall–Kier alpha value is -1.39. The maximum atomic E-state index is 12.3. The zero-order valence-corrected chi connectivity index (χ0v) is 11.1. The minimum absolute atomic E-state index is 0.0104. The molecule has 1 aromatic rings. The molecule has 1 N–H and O–H groups in total. The van der Waals surface area contributed by atoms with Gasteiger partial charge in [0.1, 0.15) is 0 Å². The fourth-order valence-electron chi connectivity index (χ4n) is 1.85. The summed E-state index contributed by atoms with van der Waals surface area (Å²) in [7, 11) is 1.63. The molecular weight excluding hydrogens is 230 g/mol. The minimum atomic E-state index is -0.0381. The van der Waals surface area contributed by atoms with E-state index in [4.69, 9.17) is 9.84 Å². The normalized spacial score (nSPS) is 10.4. The number of carbonyl (C=O) groups excluding carboxylic acids is 1. The summed E-state index contributed by atoms with van der Waals surface area (Å²) >= 11 is 0. The fraction of sp³-hybridized carbons (Fsp3) is 0.500. The Morgan fingerprint density at radius 1 is 1.39 bits per heavy atom. The quantitative estimate of drug-likeness (QED) is 0.802. The first-order valence-electron chi connectivity index (χ1n) is 6.21. The van der Waals surface area contributed by atoms with E-state index in [9.17, 15) is 4.79 Å². The monoisotopic (exact) mass is 251 g/mol. The molecule has 1 amide bonds. The number of hydrogen-bond donors (Lipinski definition) is 1. The van der Waals surface area contributed by atoms with Crippen LogP contribution in [0.4, 0.5) is 0 Å². The van der Waals surface area contributed by atoms with Crippen molar-refractivity contribution in [1.29, 1.82) is 0 Å². The van der Waals surface area contributed by atoms with E-state index in [0.29, 0.717) is 25.3 Å². The molecule has 0 fully saturated rings. The predicted molar refractivity (Wildman–Crippen MR) is 70.4 cm³/mol. The first-order chi connectivity index (χ1) is 8.72. The van der Waals surface area contributed by atoms with Crippen molar-refractivity contribution in [3.05, 3.63) is 35.4 Å². The second-order valence-electron chi connectivity index (χ2n) is 4.15. The standard InChI is InChI=1S/C14H21NO3/c1-3-7-15(8-9-16)14(17)13-6-4-5-12(10-13)11-18-2/h4-6,10,16H,3,7-9,11H2,1-2H3. The molecular formula is C14H21NO3. The summed E-state index contributed by atoms with van der Waals surface area (Å²) in [6.45, 7) is 3.53. The molecule has 0 aliphatic rings. The van der Waals surface area contributed by atoms with Crippen LogP contribution in [0, 0.1) is 0 Å². The molecule has 0 saturated carbocycles. The average molecular weight is 251 g/mol. The summed E-state index contributed by atoms with van der Waals surface area (Å²) in [5.74, 6) is -0.0381. The van der Waals surface area contributed by atoms with Crippen LogP contribution < -0.4 is 0 Å². The summed E-state index contributed by atoms with van der Waals surface area (Å²) < 4.78 is 5.05. The SMILES string of the molecule is CCCN(CCO)C(=O)c1cccc(COC)c1. The highest BCUT2D eigenvalue weighted by molar-refractivity contribution is 5.94. The number of nitrogens with zero attached hydrogens (tertiary/aromatic N) is 1. The molecule has 0 aromatic heterocycles. The van der Waals surface area contributed by atoms with Crippen LogP contribution in [-0.2, 0) is 11.3 Å². The number of aliphatic hydroxyl groups is 1. The molecule has 0 aliphatic heterocycles. The van der Waals surface area contributed by atoms with Gasteiger partial charge in [-0.3, -0.25) is 4.79 Å². The zero-order valence-electron chi connectivity index (χ0n) is 11.1. The molecule has 4 nitrogen and oxygen atoms in total. The van der Waals surface area contributed by atoms with Gasteiger partial charge in [0, 0.05) is 25.8 Å². The summed E-state index contributed by atoms with van der Waals surface area (Å²) in [4.78, 5) is 13.9. The van der Waals surface area contributed by atoms with E-state index < -0.39 is 0 Å². The first kappa shape index (κ1) is 14.7. The second-order valence-corrected chi connectivity index (χ2v) is 4.15. The molecule has 4 heteroatoms. The molecule has 0 aliphatic carbocycles. The Labute approximate surface area is 108 Å². The van der Waals surface area contributed by atoms with Gasteiger partial charge in [0.05, 0.1) is 13.2 Å². The van der Waals surface area contributed by atoms with Crippen LogP contribution in [-0.4, -0.2) is 42.7 Å². The maximum absolute atomic E-state index is 12.3. The van der Waals surface area contributed by atoms with E-state index in [1.54, 1.807) is 18.1 Å². The average Bonchev–Trinajstić information content (AvgIpc) is 2.38. The van der Waals surface area contributed by atoms with E-state index >= 15 is 0 Å². The molecule has 1 rings (SSSR count). The topological polar surface area (TPSA) is 49.8 Å². The van der Waals surface area contributed by atoms with E-state index in [1.807, 2.05) is 25.1 Å². The van der Waals surface area contributed by atoms with Gasteiger partial charge in [0.15, 0.2) is 0 Å². The summed E-state index contributed by atoms with van der Waals surface area (Å²) in [5.41, 5.74) is 1.62. The highest BCUT2D eigenvalue weighted by atomic mass is 16.5. The van der Waals surface area contributed by atoms with Crippen molar-refractivity contribution in [2.24, 2.45) is 0 Å². The van der Waals surface area contributed by atoms with Crippen LogP contribution in [0.15, 0.2) is 24.3 Å². The number of rotatable bonds is 7. The van der Waals surface area contributed by atoms with Crippen molar-refractivity contribution >= 4 is 5.91 Å². The number of carbonyl (C=O) groups is 1. The molecule has 0 saturated heterocycles. The van der Waals surface area contributed by atoms with Crippen LogP contribution in [0.3, 0.4) is 0 Å². The van der Waals surface area contributed by atoms with Gasteiger partial charge in [-0.05, 0) is 24.1 Å². The number of ether oxygens (including phenoxy) is 1. The summed E-state index contributed by atoms with van der Waals surface area (Å²) in [6.07, 6.45) is 0.878. The van der Waals surface area contributed by atoms with Gasteiger partial charge >= 0.3 is 0 Å². The molecule has 0 spiro atoms. The van der Waals surface area contributed by atoms with Crippen LogP contribution in [0.25, 0.3) is 0 Å². The van der Waals surface area contributed by atoms with Crippen molar-refractivity contribution in [3.8, 4) is 0 Å². The van der Waals surface area contributed by atoms with Crippen molar-refractivity contribution < 1.29 is 14.6 Å². The van der Waals surface area contributed by atoms with Gasteiger partial charge in [-0.2, -0.15) is 0 Å². The summed E-state index contributed by atoms with van der Waals surface area (Å²) in [5, 5.41) is 8.98. The van der Waals surface area contributed by atoms with Crippen LogP contribution in [0.5, 0.6) is 0 Å². The number of hydrogen-bond acceptors (Lipinski definition) is 3. The molecule has 100 valence electrons. The zero-order chi connectivity index (χ0) is 13.4. The molecule has 0 radical (unpaired) electrons. The lowest BCUT2D eigenvalue weighted by molar-refractivity contribution is 0.0721. The van der Waals surface area contributed by atoms with Crippen molar-refractivity contribution in [2.45, 2.75) is 20.0 Å². The predicted octanol–water partition coefficient (Wildman–Crippen LogP) is 1.68. The molecule has 0 unspecified atom stereocenters. The number of methoxy groups -OCH3 is 1. The Bertz CT molecular complexity index is 373. The van der Waals surface area contributed by atoms with Gasteiger partial charge < -0.3 is 14.7 Å². The Kier molecular flexibility index (Phi) is 6.39. The first-order valence-corrected chi connectivity index (χ1v) is 6.21. The van der Waals surface area contributed by atoms with Gasteiger partial charge in [-0.15, -0.1) is 0 Å². The van der Waals surface area contributed by atoms with Crippen molar-refractivity contribution in [2.75, 3.05) is 26.8 Å². The van der Waals surface area contributed by atoms with E-state index in [2.05, 4.69) is 0 Å². The van der Waals surface area contributed by atoms with Gasteiger partial charge in [-0.1, -0.05) is 19.1 Å². The molecule has 0 heterocycles. The van der Waals surface area contributed by atoms with Crippen LogP contribution >= 0.6 is 0 Å². The lowest BCUT2D eigenvalue weighted by Crippen LogP contribution is -2.34. The largest absolute Gasteiger partial charge is 0.395 e. The third kappa shape index (κ3) is 4.13. The number of amides is 1. The lowest BCUT2D eigenvalue weighted by atomic mass is 10.1. The summed E-state index contributed by atoms with van der Waals surface area (Å²) in [6, 6.07) is 7.41.